The van der Waals surface area contributed by atoms with Crippen molar-refractivity contribution >= 4 is 34.7 Å². The average molecular weight is 569 g/mol. The predicted molar refractivity (Wildman–Crippen MR) is 159 cm³/mol. The van der Waals surface area contributed by atoms with Crippen LogP contribution in [-0.4, -0.2) is 52.2 Å². The lowest BCUT2D eigenvalue weighted by Gasteiger charge is -2.39. The first kappa shape index (κ1) is 28.8. The Morgan fingerprint density at radius 3 is 2.33 bits per heavy atom. The molecule has 0 spiro atoms. The first-order chi connectivity index (χ1) is 19.1. The van der Waals surface area contributed by atoms with Crippen LogP contribution in [0.2, 0.25) is 0 Å². The van der Waals surface area contributed by atoms with E-state index in [1.165, 1.54) is 24.2 Å². The molecule has 0 radical (unpaired) electrons. The highest BCUT2D eigenvalue weighted by Gasteiger charge is 2.38. The quantitative estimate of drug-likeness (QED) is 0.398. The van der Waals surface area contributed by atoms with Crippen molar-refractivity contribution in [3.05, 3.63) is 28.2 Å². The van der Waals surface area contributed by atoms with E-state index < -0.39 is 5.97 Å². The molecule has 2 saturated carbocycles. The van der Waals surface area contributed by atoms with Crippen molar-refractivity contribution in [3.8, 4) is 5.88 Å². The van der Waals surface area contributed by atoms with Gasteiger partial charge in [0.1, 0.15) is 11.0 Å². The summed E-state index contributed by atoms with van der Waals surface area (Å²) >= 11 is 1.31. The van der Waals surface area contributed by atoms with Crippen LogP contribution in [0.25, 0.3) is 0 Å². The Hall–Kier alpha value is -2.68. The molecule has 1 aliphatic heterocycles. The van der Waals surface area contributed by atoms with Crippen LogP contribution in [0.15, 0.2) is 18.5 Å². The Kier molecular flexibility index (Phi) is 8.69. The largest absolute Gasteiger partial charge is 0.477 e. The lowest BCUT2D eigenvalue weighted by atomic mass is 9.81. The maximum absolute atomic E-state index is 14.2. The molecular weight excluding hydrogens is 524 g/mol. The predicted octanol–water partition coefficient (Wildman–Crippen LogP) is 6.68. The number of amides is 1. The standard InChI is InChI=1S/C31H44N4O4S/c1-20-7-9-21(10-8-20)29(36)35(24-17-25(31(2,3)4)40-28(24)30(37)38)22-11-13-23(14-12-22)39-27-19-32-18-26(33-27)34-15-5-6-16-34/h17-23H,5-16H2,1-4H3,(H,37,38)/t20-,21-,22-,23-. The van der Waals surface area contributed by atoms with Crippen molar-refractivity contribution in [2.24, 2.45) is 11.8 Å². The van der Waals surface area contributed by atoms with Gasteiger partial charge in [-0.3, -0.25) is 9.78 Å². The van der Waals surface area contributed by atoms with E-state index in [1.807, 2.05) is 11.0 Å². The lowest BCUT2D eigenvalue weighted by Crippen LogP contribution is -2.47. The summed E-state index contributed by atoms with van der Waals surface area (Å²) in [5.41, 5.74) is 0.387. The third kappa shape index (κ3) is 6.45. The maximum Gasteiger partial charge on any atom is 0.348 e. The van der Waals surface area contributed by atoms with Gasteiger partial charge < -0.3 is 19.6 Å². The summed E-state index contributed by atoms with van der Waals surface area (Å²) in [6.45, 7) is 10.5. The molecule has 1 amide bonds. The molecule has 0 unspecified atom stereocenters. The number of rotatable bonds is 7. The van der Waals surface area contributed by atoms with Crippen molar-refractivity contribution in [1.29, 1.82) is 0 Å². The zero-order chi connectivity index (χ0) is 28.4. The summed E-state index contributed by atoms with van der Waals surface area (Å²) in [6.07, 6.45) is 12.8. The highest BCUT2D eigenvalue weighted by molar-refractivity contribution is 7.14. The van der Waals surface area contributed by atoms with Gasteiger partial charge in [-0.15, -0.1) is 11.3 Å². The highest BCUT2D eigenvalue weighted by Crippen LogP contribution is 2.42. The van der Waals surface area contributed by atoms with Gasteiger partial charge in [0.05, 0.1) is 18.1 Å². The molecule has 2 aromatic rings. The number of ether oxygens (including phenoxy) is 1. The molecule has 0 atom stereocenters. The minimum atomic E-state index is -0.959. The molecule has 2 aromatic heterocycles. The van der Waals surface area contributed by atoms with Crippen LogP contribution in [0.5, 0.6) is 5.88 Å². The van der Waals surface area contributed by atoms with Crippen molar-refractivity contribution < 1.29 is 19.4 Å². The number of carbonyl (C=O) groups excluding carboxylic acids is 1. The van der Waals surface area contributed by atoms with Crippen LogP contribution in [0, 0.1) is 11.8 Å². The number of nitrogens with zero attached hydrogens (tertiary/aromatic N) is 4. The molecule has 3 aliphatic rings. The van der Waals surface area contributed by atoms with E-state index in [1.54, 1.807) is 12.4 Å². The number of carboxylic acids is 1. The van der Waals surface area contributed by atoms with Gasteiger partial charge in [0.25, 0.3) is 0 Å². The minimum Gasteiger partial charge on any atom is -0.477 e. The van der Waals surface area contributed by atoms with E-state index in [2.05, 4.69) is 37.6 Å². The van der Waals surface area contributed by atoms with E-state index in [0.29, 0.717) is 17.5 Å². The molecular formula is C31H44N4O4S. The second-order valence-corrected chi connectivity index (χ2v) is 14.1. The summed E-state index contributed by atoms with van der Waals surface area (Å²) in [6, 6.07) is 1.92. The van der Waals surface area contributed by atoms with Crippen LogP contribution in [0.3, 0.4) is 0 Å². The zero-order valence-electron chi connectivity index (χ0n) is 24.4. The third-order valence-corrected chi connectivity index (χ3v) is 10.4. The molecule has 1 saturated heterocycles. The number of carbonyl (C=O) groups is 2. The zero-order valence-corrected chi connectivity index (χ0v) is 25.2. The first-order valence-corrected chi connectivity index (χ1v) is 15.9. The second kappa shape index (κ2) is 12.0. The number of carboxylic acid groups (broad SMARTS) is 1. The number of anilines is 2. The molecule has 0 aromatic carbocycles. The Bertz CT molecular complexity index is 1190. The lowest BCUT2D eigenvalue weighted by molar-refractivity contribution is -0.124. The van der Waals surface area contributed by atoms with Crippen molar-refractivity contribution in [2.45, 2.75) is 109 Å². The molecule has 3 heterocycles. The van der Waals surface area contributed by atoms with Crippen LogP contribution >= 0.6 is 11.3 Å². The average Bonchev–Trinajstić information content (AvgIpc) is 3.62. The molecule has 2 aliphatic carbocycles. The van der Waals surface area contributed by atoms with Gasteiger partial charge in [-0.25, -0.2) is 4.79 Å². The fraction of sp³-hybridized carbons (Fsp3) is 0.677. The Morgan fingerprint density at radius 1 is 1.02 bits per heavy atom. The van der Waals surface area contributed by atoms with Gasteiger partial charge in [0.15, 0.2) is 5.82 Å². The summed E-state index contributed by atoms with van der Waals surface area (Å²) in [7, 11) is 0. The van der Waals surface area contributed by atoms with E-state index >= 15 is 0 Å². The van der Waals surface area contributed by atoms with Crippen LogP contribution in [0.1, 0.15) is 106 Å². The summed E-state index contributed by atoms with van der Waals surface area (Å²) in [4.78, 5) is 41.0. The van der Waals surface area contributed by atoms with Crippen LogP contribution < -0.4 is 14.5 Å². The van der Waals surface area contributed by atoms with Gasteiger partial charge >= 0.3 is 5.97 Å². The molecule has 1 N–H and O–H groups in total. The monoisotopic (exact) mass is 568 g/mol. The topological polar surface area (TPSA) is 95.9 Å². The summed E-state index contributed by atoms with van der Waals surface area (Å²) in [5, 5.41) is 10.2. The van der Waals surface area contributed by atoms with Crippen molar-refractivity contribution in [3.63, 3.8) is 0 Å². The minimum absolute atomic E-state index is 0.00147. The fourth-order valence-electron chi connectivity index (χ4n) is 6.37. The van der Waals surface area contributed by atoms with Gasteiger partial charge in [0, 0.05) is 29.9 Å². The maximum atomic E-state index is 14.2. The number of aromatic nitrogens is 2. The van der Waals surface area contributed by atoms with Gasteiger partial charge in [-0.05, 0) is 81.6 Å². The second-order valence-electron chi connectivity index (χ2n) is 13.0. The van der Waals surface area contributed by atoms with Crippen molar-refractivity contribution in [2.75, 3.05) is 22.9 Å². The Balaban J connectivity index is 1.34. The number of hydrogen-bond donors (Lipinski definition) is 1. The molecule has 9 heteroatoms. The Labute approximate surface area is 242 Å². The van der Waals surface area contributed by atoms with Crippen molar-refractivity contribution in [1.82, 2.24) is 9.97 Å². The van der Waals surface area contributed by atoms with E-state index in [4.69, 9.17) is 9.72 Å². The number of aromatic carboxylic acids is 1. The normalized spacial score (nSPS) is 25.6. The van der Waals surface area contributed by atoms with Crippen LogP contribution in [-0.2, 0) is 10.2 Å². The van der Waals surface area contributed by atoms with Gasteiger partial charge in [0.2, 0.25) is 11.8 Å². The molecule has 5 rings (SSSR count). The van der Waals surface area contributed by atoms with Gasteiger partial charge in [-0.1, -0.05) is 27.7 Å². The van der Waals surface area contributed by atoms with E-state index in [9.17, 15) is 14.7 Å². The molecule has 8 nitrogen and oxygen atoms in total. The third-order valence-electron chi connectivity index (χ3n) is 8.83. The summed E-state index contributed by atoms with van der Waals surface area (Å²) in [5.74, 6) is 1.16. The van der Waals surface area contributed by atoms with Crippen LogP contribution in [0.4, 0.5) is 11.5 Å². The molecule has 40 heavy (non-hydrogen) atoms. The number of thiophene rings is 1. The van der Waals surface area contributed by atoms with Gasteiger partial charge in [-0.2, -0.15) is 4.98 Å². The first-order valence-electron chi connectivity index (χ1n) is 15.0. The summed E-state index contributed by atoms with van der Waals surface area (Å²) < 4.78 is 6.29. The smallest absolute Gasteiger partial charge is 0.348 e. The molecule has 3 fully saturated rings. The SMILES string of the molecule is CC(C)(C)c1cc(N(C(=O)[C@H]2CC[C@H](C)CC2)[C@H]2CC[C@H](Oc3cncc(N4CCCC4)n3)CC2)c(C(=O)O)s1. The number of hydrogen-bond acceptors (Lipinski definition) is 7. The van der Waals surface area contributed by atoms with E-state index in [0.717, 1.165) is 75.2 Å². The molecule has 218 valence electrons. The van der Waals surface area contributed by atoms with E-state index in [-0.39, 0.29) is 34.3 Å². The Morgan fingerprint density at radius 2 is 1.70 bits per heavy atom. The fourth-order valence-corrected chi connectivity index (χ4v) is 7.41. The highest BCUT2D eigenvalue weighted by atomic mass is 32.1. The molecule has 0 bridgehead atoms.